The van der Waals surface area contributed by atoms with Crippen molar-refractivity contribution in [1.82, 2.24) is 9.97 Å². The van der Waals surface area contributed by atoms with E-state index in [0.29, 0.717) is 16.1 Å². The van der Waals surface area contributed by atoms with Crippen LogP contribution >= 0.6 is 23.5 Å². The van der Waals surface area contributed by atoms with E-state index in [4.69, 9.17) is 0 Å². The maximum absolute atomic E-state index is 12.2. The summed E-state index contributed by atoms with van der Waals surface area (Å²) >= 11 is 3.94. The van der Waals surface area contributed by atoms with Crippen LogP contribution < -0.4 is 5.32 Å². The molecule has 1 aliphatic rings. The summed E-state index contributed by atoms with van der Waals surface area (Å²) in [5, 5.41) is 2.92. The topological polar surface area (TPSA) is 54.9 Å². The molecule has 0 saturated carbocycles. The van der Waals surface area contributed by atoms with Crippen LogP contribution in [0.15, 0.2) is 36.5 Å². The summed E-state index contributed by atoms with van der Waals surface area (Å²) in [4.78, 5) is 20.4. The summed E-state index contributed by atoms with van der Waals surface area (Å²) < 4.78 is 0.465. The van der Waals surface area contributed by atoms with Crippen LogP contribution in [0.5, 0.6) is 0 Å². The van der Waals surface area contributed by atoms with Crippen molar-refractivity contribution in [1.29, 1.82) is 0 Å². The highest BCUT2D eigenvalue weighted by atomic mass is 32.2. The largest absolute Gasteiger partial charge is 0.321 e. The number of thioether (sulfide) groups is 2. The predicted molar refractivity (Wildman–Crippen MR) is 93.4 cm³/mol. The lowest BCUT2D eigenvalue weighted by molar-refractivity contribution is 0.102. The zero-order valence-corrected chi connectivity index (χ0v) is 13.9. The van der Waals surface area contributed by atoms with E-state index in [1.165, 1.54) is 23.5 Å². The van der Waals surface area contributed by atoms with Gasteiger partial charge in [0.1, 0.15) is 11.5 Å². The van der Waals surface area contributed by atoms with E-state index >= 15 is 0 Å². The quantitative estimate of drug-likeness (QED) is 0.924. The zero-order valence-electron chi connectivity index (χ0n) is 12.3. The second-order valence-corrected chi connectivity index (χ2v) is 7.72. The standard InChI is InChI=1S/C16H17N3OS2/c1-11-17-7-6-14(18-11)15(20)19-13-5-2-4-12(10-13)16-21-8-3-9-22-16/h2,4-7,10,16H,3,8-9H2,1H3,(H,19,20). The summed E-state index contributed by atoms with van der Waals surface area (Å²) in [5.41, 5.74) is 2.45. The maximum Gasteiger partial charge on any atom is 0.274 e. The fourth-order valence-electron chi connectivity index (χ4n) is 2.22. The molecule has 1 fully saturated rings. The van der Waals surface area contributed by atoms with E-state index < -0.39 is 0 Å². The van der Waals surface area contributed by atoms with Crippen molar-refractivity contribution < 1.29 is 4.79 Å². The number of anilines is 1. The first-order chi connectivity index (χ1) is 10.7. The average Bonchev–Trinajstić information content (AvgIpc) is 2.56. The van der Waals surface area contributed by atoms with Crippen LogP contribution in [0.3, 0.4) is 0 Å². The van der Waals surface area contributed by atoms with Crippen LogP contribution in [0, 0.1) is 6.92 Å². The molecule has 1 aliphatic heterocycles. The molecule has 114 valence electrons. The first-order valence-corrected chi connectivity index (χ1v) is 9.26. The Morgan fingerprint density at radius 3 is 2.86 bits per heavy atom. The summed E-state index contributed by atoms with van der Waals surface area (Å²) in [6.45, 7) is 1.77. The van der Waals surface area contributed by atoms with Gasteiger partial charge in [-0.25, -0.2) is 9.97 Å². The summed E-state index contributed by atoms with van der Waals surface area (Å²) in [7, 11) is 0. The third kappa shape index (κ3) is 3.81. The Bertz CT molecular complexity index is 672. The van der Waals surface area contributed by atoms with E-state index in [1.807, 2.05) is 35.7 Å². The molecule has 0 bridgehead atoms. The van der Waals surface area contributed by atoms with Gasteiger partial charge in [-0.3, -0.25) is 4.79 Å². The van der Waals surface area contributed by atoms with E-state index in [1.54, 1.807) is 19.2 Å². The molecular formula is C16H17N3OS2. The fourth-order valence-corrected chi connectivity index (χ4v) is 5.09. The van der Waals surface area contributed by atoms with Gasteiger partial charge in [-0.15, -0.1) is 23.5 Å². The van der Waals surface area contributed by atoms with Gasteiger partial charge in [-0.2, -0.15) is 0 Å². The van der Waals surface area contributed by atoms with Gasteiger partial charge in [0.15, 0.2) is 0 Å². The highest BCUT2D eigenvalue weighted by Gasteiger charge is 2.17. The lowest BCUT2D eigenvalue weighted by atomic mass is 10.2. The number of carbonyl (C=O) groups is 1. The Hall–Kier alpha value is -1.53. The van der Waals surface area contributed by atoms with Gasteiger partial charge in [0.2, 0.25) is 0 Å². The fraction of sp³-hybridized carbons (Fsp3) is 0.312. The summed E-state index contributed by atoms with van der Waals surface area (Å²) in [6, 6.07) is 9.71. The van der Waals surface area contributed by atoms with Crippen LogP contribution in [-0.2, 0) is 0 Å². The Balaban J connectivity index is 1.73. The molecule has 2 aromatic rings. The van der Waals surface area contributed by atoms with E-state index in [9.17, 15) is 4.79 Å². The molecule has 1 amide bonds. The number of carbonyl (C=O) groups excluding carboxylic acids is 1. The zero-order chi connectivity index (χ0) is 15.4. The van der Waals surface area contributed by atoms with Crippen LogP contribution in [-0.4, -0.2) is 27.4 Å². The molecule has 2 heterocycles. The number of aryl methyl sites for hydroxylation is 1. The van der Waals surface area contributed by atoms with Gasteiger partial charge in [0, 0.05) is 11.9 Å². The SMILES string of the molecule is Cc1nccc(C(=O)Nc2cccc(C3SCCCS3)c2)n1. The lowest BCUT2D eigenvalue weighted by Crippen LogP contribution is -2.14. The van der Waals surface area contributed by atoms with Gasteiger partial charge < -0.3 is 5.32 Å². The number of aromatic nitrogens is 2. The molecule has 3 rings (SSSR count). The highest BCUT2D eigenvalue weighted by molar-refractivity contribution is 8.16. The maximum atomic E-state index is 12.2. The monoisotopic (exact) mass is 331 g/mol. The summed E-state index contributed by atoms with van der Waals surface area (Å²) in [5.74, 6) is 2.80. The van der Waals surface area contributed by atoms with Crippen molar-refractivity contribution in [2.75, 3.05) is 16.8 Å². The van der Waals surface area contributed by atoms with E-state index in [-0.39, 0.29) is 5.91 Å². The second kappa shape index (κ2) is 7.15. The van der Waals surface area contributed by atoms with Gasteiger partial charge in [0.05, 0.1) is 4.58 Å². The molecule has 0 radical (unpaired) electrons. The molecule has 0 aliphatic carbocycles. The number of nitrogens with one attached hydrogen (secondary N) is 1. The molecular weight excluding hydrogens is 314 g/mol. The van der Waals surface area contributed by atoms with Crippen molar-refractivity contribution >= 4 is 35.1 Å². The molecule has 1 aromatic carbocycles. The molecule has 4 nitrogen and oxygen atoms in total. The van der Waals surface area contributed by atoms with Gasteiger partial charge >= 0.3 is 0 Å². The number of hydrogen-bond donors (Lipinski definition) is 1. The van der Waals surface area contributed by atoms with Gasteiger partial charge in [-0.05, 0) is 48.6 Å². The highest BCUT2D eigenvalue weighted by Crippen LogP contribution is 2.44. The third-order valence-electron chi connectivity index (χ3n) is 3.25. The summed E-state index contributed by atoms with van der Waals surface area (Å²) in [6.07, 6.45) is 2.87. The molecule has 6 heteroatoms. The Morgan fingerprint density at radius 2 is 2.09 bits per heavy atom. The molecule has 0 spiro atoms. The Kier molecular flexibility index (Phi) is 5.00. The van der Waals surface area contributed by atoms with E-state index in [2.05, 4.69) is 27.4 Å². The number of hydrogen-bond acceptors (Lipinski definition) is 5. The normalized spacial score (nSPS) is 15.5. The minimum Gasteiger partial charge on any atom is -0.321 e. The van der Waals surface area contributed by atoms with Crippen molar-refractivity contribution in [3.05, 3.63) is 53.6 Å². The van der Waals surface area contributed by atoms with Crippen molar-refractivity contribution in [3.8, 4) is 0 Å². The van der Waals surface area contributed by atoms with Gasteiger partial charge in [0.25, 0.3) is 5.91 Å². The Labute approximate surface area is 138 Å². The van der Waals surface area contributed by atoms with Gasteiger partial charge in [-0.1, -0.05) is 12.1 Å². The van der Waals surface area contributed by atoms with Crippen LogP contribution in [0.2, 0.25) is 0 Å². The lowest BCUT2D eigenvalue weighted by Gasteiger charge is -2.21. The van der Waals surface area contributed by atoms with Crippen LogP contribution in [0.4, 0.5) is 5.69 Å². The minimum absolute atomic E-state index is 0.202. The van der Waals surface area contributed by atoms with Crippen molar-refractivity contribution in [3.63, 3.8) is 0 Å². The molecule has 0 atom stereocenters. The molecule has 1 saturated heterocycles. The Morgan fingerprint density at radius 1 is 1.27 bits per heavy atom. The van der Waals surface area contributed by atoms with Crippen molar-refractivity contribution in [2.45, 2.75) is 17.9 Å². The predicted octanol–water partition coefficient (Wildman–Crippen LogP) is 3.91. The number of benzene rings is 1. The first-order valence-electron chi connectivity index (χ1n) is 7.16. The molecule has 0 unspecified atom stereocenters. The molecule has 22 heavy (non-hydrogen) atoms. The number of amides is 1. The van der Waals surface area contributed by atoms with Crippen LogP contribution in [0.1, 0.15) is 32.9 Å². The van der Waals surface area contributed by atoms with Crippen molar-refractivity contribution in [2.24, 2.45) is 0 Å². The molecule has 1 aromatic heterocycles. The minimum atomic E-state index is -0.202. The molecule has 1 N–H and O–H groups in total. The first kappa shape index (κ1) is 15.4. The average molecular weight is 331 g/mol. The number of nitrogens with zero attached hydrogens (tertiary/aromatic N) is 2. The second-order valence-electron chi connectivity index (χ2n) is 5.00. The number of rotatable bonds is 3. The van der Waals surface area contributed by atoms with Crippen LogP contribution in [0.25, 0.3) is 0 Å². The van der Waals surface area contributed by atoms with E-state index in [0.717, 1.165) is 5.69 Å². The smallest absolute Gasteiger partial charge is 0.274 e. The third-order valence-corrected chi connectivity index (χ3v) is 6.27.